The minimum absolute atomic E-state index is 0.0311. The average molecular weight is 292 g/mol. The van der Waals surface area contributed by atoms with Crippen molar-refractivity contribution in [1.29, 1.82) is 0 Å². The predicted octanol–water partition coefficient (Wildman–Crippen LogP) is 1.87. The molecule has 0 aliphatic rings. The van der Waals surface area contributed by atoms with Crippen LogP contribution in [-0.2, 0) is 6.54 Å². The summed E-state index contributed by atoms with van der Waals surface area (Å²) in [6.45, 7) is 2.15. The fourth-order valence-electron chi connectivity index (χ4n) is 1.39. The molecule has 2 heterocycles. The van der Waals surface area contributed by atoms with E-state index in [4.69, 9.17) is 5.11 Å². The molecule has 2 rings (SSSR count). The van der Waals surface area contributed by atoms with Crippen LogP contribution in [0.4, 0.5) is 9.93 Å². The third-order valence-corrected chi connectivity index (χ3v) is 3.17. The quantitative estimate of drug-likeness (QED) is 0.798. The van der Waals surface area contributed by atoms with Gasteiger partial charge in [-0.25, -0.2) is 19.6 Å². The molecule has 0 aromatic carbocycles. The van der Waals surface area contributed by atoms with Gasteiger partial charge in [-0.15, -0.1) is 11.3 Å². The third kappa shape index (κ3) is 3.75. The first-order valence-corrected chi connectivity index (χ1v) is 6.52. The number of urea groups is 1. The average Bonchev–Trinajstić information content (AvgIpc) is 2.82. The van der Waals surface area contributed by atoms with E-state index in [0.717, 1.165) is 4.88 Å². The first kappa shape index (κ1) is 13.9. The number of hydrogen-bond acceptors (Lipinski definition) is 5. The molecular formula is C12H12N4O3S. The molecule has 0 fully saturated rings. The van der Waals surface area contributed by atoms with Crippen molar-refractivity contribution in [2.24, 2.45) is 0 Å². The first-order valence-electron chi connectivity index (χ1n) is 5.70. The highest BCUT2D eigenvalue weighted by Crippen LogP contribution is 2.16. The molecule has 0 spiro atoms. The van der Waals surface area contributed by atoms with E-state index in [1.807, 2.05) is 6.92 Å². The van der Waals surface area contributed by atoms with Crippen molar-refractivity contribution in [1.82, 2.24) is 15.3 Å². The largest absolute Gasteiger partial charge is 0.477 e. The van der Waals surface area contributed by atoms with Crippen molar-refractivity contribution in [2.75, 3.05) is 5.32 Å². The summed E-state index contributed by atoms with van der Waals surface area (Å²) in [6, 6.07) is 2.62. The number of carboxylic acid groups (broad SMARTS) is 1. The minimum Gasteiger partial charge on any atom is -0.477 e. The Balaban J connectivity index is 1.85. The second-order valence-electron chi connectivity index (χ2n) is 3.94. The molecule has 2 amide bonds. The van der Waals surface area contributed by atoms with Crippen LogP contribution >= 0.6 is 11.3 Å². The number of aryl methyl sites for hydroxylation is 1. The SMILES string of the molecule is Cc1cnc(NC(=O)NCc2ccc(C(=O)O)nc2)s1. The van der Waals surface area contributed by atoms with Gasteiger partial charge in [-0.05, 0) is 18.6 Å². The number of aromatic carboxylic acids is 1. The number of carbonyl (C=O) groups is 2. The zero-order valence-corrected chi connectivity index (χ0v) is 11.4. The summed E-state index contributed by atoms with van der Waals surface area (Å²) in [5.41, 5.74) is 0.678. The molecule has 0 saturated heterocycles. The number of carbonyl (C=O) groups excluding carboxylic acids is 1. The highest BCUT2D eigenvalue weighted by atomic mass is 32.1. The summed E-state index contributed by atoms with van der Waals surface area (Å²) in [5, 5.41) is 14.5. The van der Waals surface area contributed by atoms with Crippen molar-refractivity contribution in [3.63, 3.8) is 0 Å². The number of hydrogen-bond donors (Lipinski definition) is 3. The van der Waals surface area contributed by atoms with Crippen LogP contribution < -0.4 is 10.6 Å². The van der Waals surface area contributed by atoms with Crippen LogP contribution in [0.3, 0.4) is 0 Å². The summed E-state index contributed by atoms with van der Waals surface area (Å²) in [7, 11) is 0. The van der Waals surface area contributed by atoms with Crippen LogP contribution in [0.2, 0.25) is 0 Å². The molecule has 0 unspecified atom stereocenters. The van der Waals surface area contributed by atoms with Gasteiger partial charge in [0.05, 0.1) is 0 Å². The smallest absolute Gasteiger partial charge is 0.354 e. The van der Waals surface area contributed by atoms with Crippen LogP contribution in [0.15, 0.2) is 24.5 Å². The third-order valence-electron chi connectivity index (χ3n) is 2.34. The first-order chi connectivity index (χ1) is 9.54. The topological polar surface area (TPSA) is 104 Å². The molecule has 3 N–H and O–H groups in total. The Labute approximate surface area is 118 Å². The van der Waals surface area contributed by atoms with Gasteiger partial charge in [-0.2, -0.15) is 0 Å². The summed E-state index contributed by atoms with van der Waals surface area (Å²) in [6.07, 6.45) is 3.09. The van der Waals surface area contributed by atoms with Crippen LogP contribution in [0.5, 0.6) is 0 Å². The van der Waals surface area contributed by atoms with E-state index < -0.39 is 5.97 Å². The van der Waals surface area contributed by atoms with E-state index in [1.54, 1.807) is 12.3 Å². The Hall–Kier alpha value is -2.48. The summed E-state index contributed by atoms with van der Waals surface area (Å²) >= 11 is 1.38. The molecule has 8 heteroatoms. The number of nitrogens with one attached hydrogen (secondary N) is 2. The van der Waals surface area contributed by atoms with E-state index in [9.17, 15) is 9.59 Å². The normalized spacial score (nSPS) is 10.1. The Morgan fingerprint density at radius 3 is 2.65 bits per heavy atom. The Morgan fingerprint density at radius 2 is 2.10 bits per heavy atom. The van der Waals surface area contributed by atoms with E-state index in [-0.39, 0.29) is 18.3 Å². The van der Waals surface area contributed by atoms with Crippen molar-refractivity contribution in [2.45, 2.75) is 13.5 Å². The van der Waals surface area contributed by atoms with Gasteiger partial charge in [0.15, 0.2) is 5.13 Å². The number of anilines is 1. The second kappa shape index (κ2) is 6.11. The van der Waals surface area contributed by atoms with Crippen molar-refractivity contribution in [3.8, 4) is 0 Å². The van der Waals surface area contributed by atoms with Gasteiger partial charge in [0.1, 0.15) is 5.69 Å². The number of rotatable bonds is 4. The van der Waals surface area contributed by atoms with E-state index in [1.165, 1.54) is 23.6 Å². The van der Waals surface area contributed by atoms with Gasteiger partial charge in [-0.1, -0.05) is 6.07 Å². The van der Waals surface area contributed by atoms with Crippen LogP contribution in [-0.4, -0.2) is 27.1 Å². The highest BCUT2D eigenvalue weighted by molar-refractivity contribution is 7.15. The van der Waals surface area contributed by atoms with Gasteiger partial charge >= 0.3 is 12.0 Å². The number of thiazole rings is 1. The molecule has 0 aliphatic carbocycles. The lowest BCUT2D eigenvalue weighted by Gasteiger charge is -2.05. The van der Waals surface area contributed by atoms with Gasteiger partial charge in [-0.3, -0.25) is 5.32 Å². The molecule has 2 aromatic heterocycles. The zero-order valence-electron chi connectivity index (χ0n) is 10.6. The summed E-state index contributed by atoms with van der Waals surface area (Å²) in [5.74, 6) is -1.08. The van der Waals surface area contributed by atoms with E-state index in [2.05, 4.69) is 20.6 Å². The van der Waals surface area contributed by atoms with Gasteiger partial charge in [0, 0.05) is 23.8 Å². The number of carboxylic acids is 1. The van der Waals surface area contributed by atoms with Crippen LogP contribution in [0.1, 0.15) is 20.9 Å². The monoisotopic (exact) mass is 292 g/mol. The van der Waals surface area contributed by atoms with Crippen LogP contribution in [0.25, 0.3) is 0 Å². The Bertz CT molecular complexity index is 624. The number of pyridine rings is 1. The lowest BCUT2D eigenvalue weighted by Crippen LogP contribution is -2.28. The molecule has 0 radical (unpaired) electrons. The molecule has 104 valence electrons. The molecule has 20 heavy (non-hydrogen) atoms. The molecule has 7 nitrogen and oxygen atoms in total. The number of aromatic nitrogens is 2. The zero-order chi connectivity index (χ0) is 14.5. The van der Waals surface area contributed by atoms with Crippen LogP contribution in [0, 0.1) is 6.92 Å². The van der Waals surface area contributed by atoms with Crippen molar-refractivity contribution >= 4 is 28.5 Å². The maximum Gasteiger partial charge on any atom is 0.354 e. The van der Waals surface area contributed by atoms with Crippen molar-refractivity contribution in [3.05, 3.63) is 40.7 Å². The summed E-state index contributed by atoms with van der Waals surface area (Å²) < 4.78 is 0. The highest BCUT2D eigenvalue weighted by Gasteiger charge is 2.06. The van der Waals surface area contributed by atoms with Gasteiger partial charge in [0.2, 0.25) is 0 Å². The maximum absolute atomic E-state index is 11.6. The molecule has 2 aromatic rings. The molecular weight excluding hydrogens is 280 g/mol. The molecule has 0 aliphatic heterocycles. The standard InChI is InChI=1S/C12H12N4O3S/c1-7-4-15-12(20-7)16-11(19)14-6-8-2-3-9(10(17)18)13-5-8/h2-5H,6H2,1H3,(H,17,18)(H2,14,15,16,19). The number of nitrogens with zero attached hydrogens (tertiary/aromatic N) is 2. The Kier molecular flexibility index (Phi) is 4.26. The maximum atomic E-state index is 11.6. The Morgan fingerprint density at radius 1 is 1.30 bits per heavy atom. The second-order valence-corrected chi connectivity index (χ2v) is 5.18. The fraction of sp³-hybridized carbons (Fsp3) is 0.167. The lowest BCUT2D eigenvalue weighted by atomic mass is 10.2. The van der Waals surface area contributed by atoms with E-state index in [0.29, 0.717) is 10.7 Å². The molecule has 0 atom stereocenters. The van der Waals surface area contributed by atoms with Crippen molar-refractivity contribution < 1.29 is 14.7 Å². The molecule has 0 bridgehead atoms. The van der Waals surface area contributed by atoms with Gasteiger partial charge < -0.3 is 10.4 Å². The lowest BCUT2D eigenvalue weighted by molar-refractivity contribution is 0.0690. The van der Waals surface area contributed by atoms with Gasteiger partial charge in [0.25, 0.3) is 0 Å². The summed E-state index contributed by atoms with van der Waals surface area (Å²) in [4.78, 5) is 31.0. The number of amides is 2. The fourth-order valence-corrected chi connectivity index (χ4v) is 2.05. The minimum atomic E-state index is -1.08. The molecule has 0 saturated carbocycles. The predicted molar refractivity (Wildman–Crippen MR) is 73.9 cm³/mol. The van der Waals surface area contributed by atoms with E-state index >= 15 is 0 Å².